The van der Waals surface area contributed by atoms with Crippen molar-refractivity contribution in [2.75, 3.05) is 66.5 Å². The zero-order valence-electron chi connectivity index (χ0n) is 16.7. The summed E-state index contributed by atoms with van der Waals surface area (Å²) in [6.45, 7) is 10.6. The van der Waals surface area contributed by atoms with Crippen LogP contribution in [0.2, 0.25) is 0 Å². The molecule has 2 heterocycles. The van der Waals surface area contributed by atoms with E-state index in [2.05, 4.69) is 45.9 Å². The first kappa shape index (κ1) is 19.3. The van der Waals surface area contributed by atoms with Gasteiger partial charge in [-0.3, -0.25) is 14.6 Å². The molecular formula is C21H34N4O. The van der Waals surface area contributed by atoms with Crippen molar-refractivity contribution in [3.8, 4) is 0 Å². The Hall–Kier alpha value is -1.43. The summed E-state index contributed by atoms with van der Waals surface area (Å²) in [7, 11) is 3.99. The molecule has 0 N–H and O–H groups in total. The van der Waals surface area contributed by atoms with Gasteiger partial charge < -0.3 is 9.80 Å². The number of likely N-dealkylation sites (N-methyl/N-ethyl adjacent to an activating group) is 1. The standard InChI is InChI=1S/C21H34N4O/c1-18-6-8-19(9-7-18)20(22(2)3)21(26)25-16-14-24(15-17-25)13-12-23-10-4-5-11-23/h6-9,20H,4-5,10-17H2,1-3H3/t20-/m0/s1. The Morgan fingerprint density at radius 2 is 1.46 bits per heavy atom. The Labute approximate surface area is 158 Å². The minimum absolute atomic E-state index is 0.188. The average molecular weight is 359 g/mol. The van der Waals surface area contributed by atoms with Crippen molar-refractivity contribution in [1.29, 1.82) is 0 Å². The van der Waals surface area contributed by atoms with E-state index >= 15 is 0 Å². The first-order chi connectivity index (χ1) is 12.5. The van der Waals surface area contributed by atoms with Crippen LogP contribution in [-0.2, 0) is 4.79 Å². The van der Waals surface area contributed by atoms with Gasteiger partial charge in [0.25, 0.3) is 0 Å². The Morgan fingerprint density at radius 3 is 2.00 bits per heavy atom. The predicted molar refractivity (Wildman–Crippen MR) is 106 cm³/mol. The van der Waals surface area contributed by atoms with Crippen LogP contribution in [0.1, 0.15) is 30.0 Å². The fourth-order valence-corrected chi connectivity index (χ4v) is 4.06. The lowest BCUT2D eigenvalue weighted by Gasteiger charge is -2.38. The molecule has 3 rings (SSSR count). The molecule has 0 bridgehead atoms. The van der Waals surface area contributed by atoms with Crippen molar-refractivity contribution in [3.63, 3.8) is 0 Å². The maximum absolute atomic E-state index is 13.2. The number of piperazine rings is 1. The minimum atomic E-state index is -0.188. The van der Waals surface area contributed by atoms with E-state index in [1.807, 2.05) is 19.0 Å². The van der Waals surface area contributed by atoms with Crippen LogP contribution in [0.4, 0.5) is 0 Å². The van der Waals surface area contributed by atoms with Gasteiger partial charge in [0.2, 0.25) is 5.91 Å². The SMILES string of the molecule is Cc1ccc([C@@H](C(=O)N2CCN(CCN3CCCC3)CC2)N(C)C)cc1. The average Bonchev–Trinajstić information content (AvgIpc) is 3.15. The summed E-state index contributed by atoms with van der Waals surface area (Å²) in [6, 6.07) is 8.17. The van der Waals surface area contributed by atoms with Crippen molar-refractivity contribution in [3.05, 3.63) is 35.4 Å². The predicted octanol–water partition coefficient (Wildman–Crippen LogP) is 1.84. The minimum Gasteiger partial charge on any atom is -0.338 e. The molecule has 1 aromatic rings. The van der Waals surface area contributed by atoms with Gasteiger partial charge in [-0.1, -0.05) is 29.8 Å². The maximum atomic E-state index is 13.2. The van der Waals surface area contributed by atoms with E-state index in [-0.39, 0.29) is 11.9 Å². The maximum Gasteiger partial charge on any atom is 0.244 e. The van der Waals surface area contributed by atoms with E-state index in [1.165, 1.54) is 38.0 Å². The van der Waals surface area contributed by atoms with Crippen LogP contribution in [0.25, 0.3) is 0 Å². The van der Waals surface area contributed by atoms with Crippen LogP contribution >= 0.6 is 0 Å². The molecule has 5 heteroatoms. The van der Waals surface area contributed by atoms with Crippen LogP contribution in [0.15, 0.2) is 24.3 Å². The highest BCUT2D eigenvalue weighted by Gasteiger charge is 2.30. The van der Waals surface area contributed by atoms with Crippen molar-refractivity contribution < 1.29 is 4.79 Å². The molecule has 2 aliphatic heterocycles. The second-order valence-electron chi connectivity index (χ2n) is 7.99. The summed E-state index contributed by atoms with van der Waals surface area (Å²) in [5, 5.41) is 0. The highest BCUT2D eigenvalue weighted by atomic mass is 16.2. The molecule has 1 aromatic carbocycles. The van der Waals surface area contributed by atoms with E-state index in [0.717, 1.165) is 38.3 Å². The third-order valence-corrected chi connectivity index (χ3v) is 5.76. The Kier molecular flexibility index (Phi) is 6.68. The first-order valence-corrected chi connectivity index (χ1v) is 10.0. The van der Waals surface area contributed by atoms with Gasteiger partial charge in [0.15, 0.2) is 0 Å². The van der Waals surface area contributed by atoms with E-state index in [4.69, 9.17) is 0 Å². The molecule has 26 heavy (non-hydrogen) atoms. The quantitative estimate of drug-likeness (QED) is 0.776. The highest BCUT2D eigenvalue weighted by molar-refractivity contribution is 5.83. The first-order valence-electron chi connectivity index (χ1n) is 10.0. The molecule has 0 aliphatic carbocycles. The lowest BCUT2D eigenvalue weighted by Crippen LogP contribution is -2.52. The molecule has 2 aliphatic rings. The number of amides is 1. The number of carbonyl (C=O) groups excluding carboxylic acids is 1. The fourth-order valence-electron chi connectivity index (χ4n) is 4.06. The van der Waals surface area contributed by atoms with E-state index < -0.39 is 0 Å². The van der Waals surface area contributed by atoms with Crippen molar-refractivity contribution in [2.24, 2.45) is 0 Å². The number of carbonyl (C=O) groups is 1. The molecule has 0 radical (unpaired) electrons. The molecule has 1 atom stereocenters. The Balaban J connectivity index is 1.53. The molecule has 2 fully saturated rings. The van der Waals surface area contributed by atoms with Crippen molar-refractivity contribution in [1.82, 2.24) is 19.6 Å². The summed E-state index contributed by atoms with van der Waals surface area (Å²) in [4.78, 5) is 22.3. The number of nitrogens with zero attached hydrogens (tertiary/aromatic N) is 4. The lowest BCUT2D eigenvalue weighted by atomic mass is 10.0. The van der Waals surface area contributed by atoms with Gasteiger partial charge in [0.1, 0.15) is 6.04 Å². The molecular weight excluding hydrogens is 324 g/mol. The summed E-state index contributed by atoms with van der Waals surface area (Å²) < 4.78 is 0. The van der Waals surface area contributed by atoms with E-state index in [1.54, 1.807) is 0 Å². The fraction of sp³-hybridized carbons (Fsp3) is 0.667. The molecule has 144 valence electrons. The number of hydrogen-bond acceptors (Lipinski definition) is 4. The van der Waals surface area contributed by atoms with E-state index in [9.17, 15) is 4.79 Å². The van der Waals surface area contributed by atoms with Crippen LogP contribution < -0.4 is 0 Å². The third-order valence-electron chi connectivity index (χ3n) is 5.76. The molecule has 5 nitrogen and oxygen atoms in total. The van der Waals surface area contributed by atoms with Gasteiger partial charge in [-0.15, -0.1) is 0 Å². The summed E-state index contributed by atoms with van der Waals surface area (Å²) in [5.41, 5.74) is 2.31. The normalized spacial score (nSPS) is 20.7. The van der Waals surface area contributed by atoms with Gasteiger partial charge in [0, 0.05) is 39.3 Å². The molecule has 0 spiro atoms. The lowest BCUT2D eigenvalue weighted by molar-refractivity contribution is -0.138. The van der Waals surface area contributed by atoms with Crippen LogP contribution in [0.3, 0.4) is 0 Å². The summed E-state index contributed by atoms with van der Waals surface area (Å²) >= 11 is 0. The van der Waals surface area contributed by atoms with E-state index in [0.29, 0.717) is 0 Å². The van der Waals surface area contributed by atoms with Crippen LogP contribution in [-0.4, -0.2) is 92.0 Å². The van der Waals surface area contributed by atoms with Crippen LogP contribution in [0.5, 0.6) is 0 Å². The van der Waals surface area contributed by atoms with Gasteiger partial charge in [-0.05, 0) is 52.5 Å². The number of rotatable bonds is 6. The largest absolute Gasteiger partial charge is 0.338 e. The monoisotopic (exact) mass is 358 g/mol. The van der Waals surface area contributed by atoms with Gasteiger partial charge in [0.05, 0.1) is 0 Å². The number of likely N-dealkylation sites (tertiary alicyclic amines) is 1. The second kappa shape index (κ2) is 8.98. The Bertz CT molecular complexity index is 572. The number of hydrogen-bond donors (Lipinski definition) is 0. The zero-order valence-corrected chi connectivity index (χ0v) is 16.7. The summed E-state index contributed by atoms with van der Waals surface area (Å²) in [5.74, 6) is 0.234. The molecule has 2 saturated heterocycles. The molecule has 1 amide bonds. The smallest absolute Gasteiger partial charge is 0.244 e. The van der Waals surface area contributed by atoms with Gasteiger partial charge in [-0.2, -0.15) is 0 Å². The van der Waals surface area contributed by atoms with Crippen molar-refractivity contribution >= 4 is 5.91 Å². The number of aryl methyl sites for hydroxylation is 1. The van der Waals surface area contributed by atoms with Gasteiger partial charge >= 0.3 is 0 Å². The van der Waals surface area contributed by atoms with Crippen molar-refractivity contribution in [2.45, 2.75) is 25.8 Å². The molecule has 0 saturated carbocycles. The van der Waals surface area contributed by atoms with Gasteiger partial charge in [-0.25, -0.2) is 0 Å². The zero-order chi connectivity index (χ0) is 18.5. The van der Waals surface area contributed by atoms with Crippen LogP contribution in [0, 0.1) is 6.92 Å². The number of benzene rings is 1. The second-order valence-corrected chi connectivity index (χ2v) is 7.99. The Morgan fingerprint density at radius 1 is 0.923 bits per heavy atom. The topological polar surface area (TPSA) is 30.0 Å². The highest BCUT2D eigenvalue weighted by Crippen LogP contribution is 2.22. The molecule has 0 aromatic heterocycles. The third kappa shape index (κ3) is 4.84. The summed E-state index contributed by atoms with van der Waals surface area (Å²) in [6.07, 6.45) is 2.71. The molecule has 0 unspecified atom stereocenters.